The number of thioether (sulfide) groups is 1. The van der Waals surface area contributed by atoms with Crippen molar-refractivity contribution < 1.29 is 9.21 Å². The predicted octanol–water partition coefficient (Wildman–Crippen LogP) is 4.02. The molecule has 0 saturated carbocycles. The zero-order valence-corrected chi connectivity index (χ0v) is 15.6. The summed E-state index contributed by atoms with van der Waals surface area (Å²) in [4.78, 5) is 14.8. The molecule has 6 heteroatoms. The zero-order valence-electron chi connectivity index (χ0n) is 14.7. The van der Waals surface area contributed by atoms with Crippen molar-refractivity contribution in [2.45, 2.75) is 26.4 Å². The molecule has 1 saturated heterocycles. The number of carbonyl (C=O) groups is 1. The van der Waals surface area contributed by atoms with Crippen LogP contribution in [0.3, 0.4) is 0 Å². The minimum atomic E-state index is -0.219. The molecule has 5 nitrogen and oxygen atoms in total. The lowest BCUT2D eigenvalue weighted by Crippen LogP contribution is -2.33. The van der Waals surface area contributed by atoms with Gasteiger partial charge in [-0.15, -0.1) is 0 Å². The number of hydrogen-bond donors (Lipinski definition) is 2. The van der Waals surface area contributed by atoms with Gasteiger partial charge in [0, 0.05) is 36.8 Å². The Hall–Kier alpha value is -1.92. The highest BCUT2D eigenvalue weighted by Gasteiger charge is 2.16. The molecule has 0 spiro atoms. The molecule has 2 heterocycles. The van der Waals surface area contributed by atoms with Crippen molar-refractivity contribution in [3.8, 4) is 0 Å². The first kappa shape index (κ1) is 17.9. The monoisotopic (exact) mass is 359 g/mol. The lowest BCUT2D eigenvalue weighted by Gasteiger charge is -2.27. The Morgan fingerprint density at radius 1 is 1.24 bits per heavy atom. The SMILES string of the molecule is Cc1ccc(C(C)NC(=O)Nc2ccccc2CN2CCSCC2)o1. The summed E-state index contributed by atoms with van der Waals surface area (Å²) in [5.74, 6) is 3.95. The number of nitrogens with zero attached hydrogens (tertiary/aromatic N) is 1. The molecular formula is C19H25N3O2S. The smallest absolute Gasteiger partial charge is 0.319 e. The van der Waals surface area contributed by atoms with Crippen LogP contribution in [0, 0.1) is 6.92 Å². The summed E-state index contributed by atoms with van der Waals surface area (Å²) in [5, 5.41) is 5.91. The molecule has 1 aromatic heterocycles. The number of rotatable bonds is 5. The summed E-state index contributed by atoms with van der Waals surface area (Å²) >= 11 is 2.00. The van der Waals surface area contributed by atoms with E-state index < -0.39 is 0 Å². The van der Waals surface area contributed by atoms with E-state index in [1.54, 1.807) is 0 Å². The number of benzene rings is 1. The Labute approximate surface area is 153 Å². The number of furan rings is 1. The summed E-state index contributed by atoms with van der Waals surface area (Å²) < 4.78 is 5.57. The first-order chi connectivity index (χ1) is 12.1. The number of aryl methyl sites for hydroxylation is 1. The molecule has 0 aliphatic carbocycles. The topological polar surface area (TPSA) is 57.5 Å². The third-order valence-electron chi connectivity index (χ3n) is 4.30. The predicted molar refractivity (Wildman–Crippen MR) is 103 cm³/mol. The highest BCUT2D eigenvalue weighted by molar-refractivity contribution is 7.99. The third-order valence-corrected chi connectivity index (χ3v) is 5.24. The maximum atomic E-state index is 12.4. The number of anilines is 1. The molecule has 1 aliphatic heterocycles. The van der Waals surface area contributed by atoms with E-state index in [1.165, 1.54) is 11.5 Å². The maximum Gasteiger partial charge on any atom is 0.319 e. The molecule has 1 aromatic carbocycles. The number of para-hydroxylation sites is 1. The molecule has 2 amide bonds. The fraction of sp³-hybridized carbons (Fsp3) is 0.421. The van der Waals surface area contributed by atoms with E-state index in [2.05, 4.69) is 21.6 Å². The van der Waals surface area contributed by atoms with Gasteiger partial charge in [0.25, 0.3) is 0 Å². The maximum absolute atomic E-state index is 12.4. The van der Waals surface area contributed by atoms with Gasteiger partial charge in [-0.3, -0.25) is 4.90 Å². The molecule has 2 N–H and O–H groups in total. The second-order valence-corrected chi connectivity index (χ2v) is 7.54. The van der Waals surface area contributed by atoms with Crippen molar-refractivity contribution in [2.24, 2.45) is 0 Å². The van der Waals surface area contributed by atoms with Gasteiger partial charge in [-0.2, -0.15) is 11.8 Å². The summed E-state index contributed by atoms with van der Waals surface area (Å²) in [6, 6.07) is 11.4. The summed E-state index contributed by atoms with van der Waals surface area (Å²) in [5.41, 5.74) is 2.01. The van der Waals surface area contributed by atoms with Gasteiger partial charge in [0.15, 0.2) is 0 Å². The second-order valence-electron chi connectivity index (χ2n) is 6.31. The van der Waals surface area contributed by atoms with Gasteiger partial charge in [0.1, 0.15) is 11.5 Å². The molecule has 1 unspecified atom stereocenters. The van der Waals surface area contributed by atoms with E-state index in [1.807, 2.05) is 55.9 Å². The van der Waals surface area contributed by atoms with E-state index in [9.17, 15) is 4.79 Å². The molecule has 2 aromatic rings. The molecule has 0 bridgehead atoms. The highest BCUT2D eigenvalue weighted by atomic mass is 32.2. The van der Waals surface area contributed by atoms with Crippen molar-refractivity contribution in [1.82, 2.24) is 10.2 Å². The van der Waals surface area contributed by atoms with E-state index in [0.717, 1.165) is 42.4 Å². The first-order valence-electron chi connectivity index (χ1n) is 8.63. The fourth-order valence-electron chi connectivity index (χ4n) is 2.89. The van der Waals surface area contributed by atoms with E-state index in [4.69, 9.17) is 4.42 Å². The normalized spacial score (nSPS) is 16.4. The van der Waals surface area contributed by atoms with E-state index >= 15 is 0 Å². The molecule has 0 radical (unpaired) electrons. The quantitative estimate of drug-likeness (QED) is 0.847. The zero-order chi connectivity index (χ0) is 17.6. The highest BCUT2D eigenvalue weighted by Crippen LogP contribution is 2.20. The fourth-order valence-corrected chi connectivity index (χ4v) is 3.87. The standard InChI is InChI=1S/C19H25N3O2S/c1-14-7-8-18(24-14)15(2)20-19(23)21-17-6-4-3-5-16(17)13-22-9-11-25-12-10-22/h3-8,15H,9-13H2,1-2H3,(H2,20,21,23). The molecule has 25 heavy (non-hydrogen) atoms. The van der Waals surface area contributed by atoms with Crippen molar-refractivity contribution in [3.05, 3.63) is 53.5 Å². The summed E-state index contributed by atoms with van der Waals surface area (Å²) in [6.45, 7) is 6.87. The molecule has 3 rings (SSSR count). The van der Waals surface area contributed by atoms with Crippen LogP contribution in [0.4, 0.5) is 10.5 Å². The molecule has 1 fully saturated rings. The Bertz CT molecular complexity index is 710. The van der Waals surface area contributed by atoms with Crippen LogP contribution < -0.4 is 10.6 Å². The van der Waals surface area contributed by atoms with Gasteiger partial charge in [-0.05, 0) is 37.6 Å². The Morgan fingerprint density at radius 3 is 2.72 bits per heavy atom. The minimum Gasteiger partial charge on any atom is -0.464 e. The number of nitrogens with one attached hydrogen (secondary N) is 2. The number of hydrogen-bond acceptors (Lipinski definition) is 4. The number of urea groups is 1. The van der Waals surface area contributed by atoms with Gasteiger partial charge in [0.2, 0.25) is 0 Å². The van der Waals surface area contributed by atoms with Crippen LogP contribution in [0.1, 0.15) is 30.0 Å². The van der Waals surface area contributed by atoms with Crippen LogP contribution in [0.2, 0.25) is 0 Å². The van der Waals surface area contributed by atoms with Crippen LogP contribution in [-0.2, 0) is 6.54 Å². The summed E-state index contributed by atoms with van der Waals surface area (Å²) in [7, 11) is 0. The van der Waals surface area contributed by atoms with Gasteiger partial charge >= 0.3 is 6.03 Å². The average Bonchev–Trinajstić information content (AvgIpc) is 3.04. The molecule has 1 aliphatic rings. The summed E-state index contributed by atoms with van der Waals surface area (Å²) in [6.07, 6.45) is 0. The minimum absolute atomic E-state index is 0.181. The van der Waals surface area contributed by atoms with Crippen LogP contribution in [-0.4, -0.2) is 35.5 Å². The van der Waals surface area contributed by atoms with Crippen molar-refractivity contribution in [3.63, 3.8) is 0 Å². The lowest BCUT2D eigenvalue weighted by molar-refractivity contribution is 0.247. The van der Waals surface area contributed by atoms with Gasteiger partial charge in [0.05, 0.1) is 6.04 Å². The largest absolute Gasteiger partial charge is 0.464 e. The second kappa shape index (κ2) is 8.45. The van der Waals surface area contributed by atoms with Crippen LogP contribution in [0.15, 0.2) is 40.8 Å². The Balaban J connectivity index is 1.60. The third kappa shape index (κ3) is 5.03. The first-order valence-corrected chi connectivity index (χ1v) is 9.79. The van der Waals surface area contributed by atoms with Crippen molar-refractivity contribution in [2.75, 3.05) is 29.9 Å². The lowest BCUT2D eigenvalue weighted by atomic mass is 10.1. The van der Waals surface area contributed by atoms with Crippen LogP contribution in [0.25, 0.3) is 0 Å². The molecular weight excluding hydrogens is 334 g/mol. The number of carbonyl (C=O) groups excluding carboxylic acids is 1. The number of amides is 2. The Kier molecular flexibility index (Phi) is 6.04. The van der Waals surface area contributed by atoms with Crippen molar-refractivity contribution in [1.29, 1.82) is 0 Å². The average molecular weight is 359 g/mol. The van der Waals surface area contributed by atoms with Gasteiger partial charge in [-0.25, -0.2) is 4.79 Å². The van der Waals surface area contributed by atoms with E-state index in [0.29, 0.717) is 0 Å². The van der Waals surface area contributed by atoms with Crippen LogP contribution in [0.5, 0.6) is 0 Å². The van der Waals surface area contributed by atoms with E-state index in [-0.39, 0.29) is 12.1 Å². The Morgan fingerprint density at radius 2 is 2.00 bits per heavy atom. The van der Waals surface area contributed by atoms with Gasteiger partial charge < -0.3 is 15.1 Å². The molecule has 134 valence electrons. The van der Waals surface area contributed by atoms with Gasteiger partial charge in [-0.1, -0.05) is 18.2 Å². The molecule has 1 atom stereocenters. The van der Waals surface area contributed by atoms with Crippen molar-refractivity contribution >= 4 is 23.5 Å². The van der Waals surface area contributed by atoms with Crippen LogP contribution >= 0.6 is 11.8 Å².